The van der Waals surface area contributed by atoms with Crippen molar-refractivity contribution < 1.29 is 4.74 Å². The first kappa shape index (κ1) is 13.8. The number of ether oxygens (including phenoxy) is 1. The molecular weight excluding hydrogens is 264 g/mol. The lowest BCUT2D eigenvalue weighted by molar-refractivity contribution is 0.0340. The molecule has 0 aliphatic carbocycles. The number of morpholine rings is 1. The highest BCUT2D eigenvalue weighted by Gasteiger charge is 2.25. The topological polar surface area (TPSA) is 64.3 Å². The number of rotatable bonds is 2. The van der Waals surface area contributed by atoms with E-state index in [1.807, 2.05) is 36.4 Å². The summed E-state index contributed by atoms with van der Waals surface area (Å²) >= 11 is 0. The van der Waals surface area contributed by atoms with Crippen LogP contribution < -0.4 is 10.6 Å². The first-order valence-corrected chi connectivity index (χ1v) is 7.21. The molecule has 21 heavy (non-hydrogen) atoms. The minimum absolute atomic E-state index is 0.192. The van der Waals surface area contributed by atoms with Crippen LogP contribution in [0.25, 0.3) is 11.4 Å². The lowest BCUT2D eigenvalue weighted by Gasteiger charge is -2.37. The Morgan fingerprint density at radius 2 is 1.95 bits per heavy atom. The Morgan fingerprint density at radius 1 is 1.19 bits per heavy atom. The molecular formula is C16H20N4O. The van der Waals surface area contributed by atoms with Gasteiger partial charge in [-0.15, -0.1) is 0 Å². The van der Waals surface area contributed by atoms with Crippen molar-refractivity contribution in [3.8, 4) is 11.4 Å². The summed E-state index contributed by atoms with van der Waals surface area (Å²) < 4.78 is 5.67. The van der Waals surface area contributed by atoms with E-state index in [4.69, 9.17) is 15.5 Å². The zero-order valence-electron chi connectivity index (χ0n) is 12.4. The van der Waals surface area contributed by atoms with Crippen LogP contribution in [0.15, 0.2) is 36.4 Å². The molecule has 3 rings (SSSR count). The molecule has 0 bridgehead atoms. The highest BCUT2D eigenvalue weighted by molar-refractivity contribution is 5.61. The van der Waals surface area contributed by atoms with Crippen molar-refractivity contribution in [1.82, 2.24) is 9.97 Å². The highest BCUT2D eigenvalue weighted by atomic mass is 16.5. The third-order valence-corrected chi connectivity index (χ3v) is 3.67. The highest BCUT2D eigenvalue weighted by Crippen LogP contribution is 2.24. The number of hydrogen-bond donors (Lipinski definition) is 1. The Bertz CT molecular complexity index is 617. The van der Waals surface area contributed by atoms with Crippen molar-refractivity contribution >= 4 is 11.6 Å². The summed E-state index contributed by atoms with van der Waals surface area (Å²) in [4.78, 5) is 11.3. The largest absolute Gasteiger partial charge is 0.384 e. The number of hydrogen-bond acceptors (Lipinski definition) is 5. The van der Waals surface area contributed by atoms with Crippen molar-refractivity contribution in [2.45, 2.75) is 26.0 Å². The van der Waals surface area contributed by atoms with Crippen molar-refractivity contribution in [1.29, 1.82) is 0 Å². The Balaban J connectivity index is 1.98. The van der Waals surface area contributed by atoms with Crippen LogP contribution in [0.3, 0.4) is 0 Å². The molecule has 2 N–H and O–H groups in total. The van der Waals surface area contributed by atoms with Crippen LogP contribution in [0, 0.1) is 0 Å². The molecule has 5 nitrogen and oxygen atoms in total. The molecule has 110 valence electrons. The summed E-state index contributed by atoms with van der Waals surface area (Å²) in [7, 11) is 0. The van der Waals surface area contributed by atoms with Gasteiger partial charge in [0.1, 0.15) is 11.6 Å². The standard InChI is InChI=1S/C16H20N4O/c1-11-10-21-12(2)9-20(11)15-8-14(17)18-16(19-15)13-6-4-3-5-7-13/h3-8,11-12H,9-10H2,1-2H3,(H2,17,18,19). The van der Waals surface area contributed by atoms with Gasteiger partial charge >= 0.3 is 0 Å². The number of aromatic nitrogens is 2. The lowest BCUT2D eigenvalue weighted by atomic mass is 10.2. The number of nitrogens with zero attached hydrogens (tertiary/aromatic N) is 3. The smallest absolute Gasteiger partial charge is 0.163 e. The minimum Gasteiger partial charge on any atom is -0.384 e. The molecule has 1 aromatic heterocycles. The van der Waals surface area contributed by atoms with E-state index >= 15 is 0 Å². The molecule has 1 aromatic carbocycles. The summed E-state index contributed by atoms with van der Waals surface area (Å²) in [5.74, 6) is 2.02. The van der Waals surface area contributed by atoms with Gasteiger partial charge in [-0.25, -0.2) is 9.97 Å². The van der Waals surface area contributed by atoms with Gasteiger partial charge in [0.2, 0.25) is 0 Å². The van der Waals surface area contributed by atoms with Crippen LogP contribution in [-0.4, -0.2) is 35.3 Å². The third-order valence-electron chi connectivity index (χ3n) is 3.67. The van der Waals surface area contributed by atoms with Gasteiger partial charge in [-0.05, 0) is 13.8 Å². The first-order valence-electron chi connectivity index (χ1n) is 7.21. The van der Waals surface area contributed by atoms with Gasteiger partial charge in [-0.1, -0.05) is 30.3 Å². The van der Waals surface area contributed by atoms with E-state index in [1.54, 1.807) is 0 Å². The fourth-order valence-electron chi connectivity index (χ4n) is 2.54. The Hall–Kier alpha value is -2.14. The molecule has 1 aliphatic heterocycles. The average molecular weight is 284 g/mol. The van der Waals surface area contributed by atoms with Crippen LogP contribution in [0.5, 0.6) is 0 Å². The second-order valence-electron chi connectivity index (χ2n) is 5.49. The summed E-state index contributed by atoms with van der Waals surface area (Å²) in [6, 6.07) is 12.0. The van der Waals surface area contributed by atoms with Gasteiger partial charge in [-0.2, -0.15) is 0 Å². The van der Waals surface area contributed by atoms with Crippen LogP contribution in [-0.2, 0) is 4.74 Å². The van der Waals surface area contributed by atoms with E-state index in [-0.39, 0.29) is 12.1 Å². The Labute approximate surface area is 124 Å². The van der Waals surface area contributed by atoms with Gasteiger partial charge < -0.3 is 15.4 Å². The van der Waals surface area contributed by atoms with Crippen LogP contribution >= 0.6 is 0 Å². The molecule has 2 aromatic rings. The van der Waals surface area contributed by atoms with Crippen LogP contribution in [0.4, 0.5) is 11.6 Å². The molecule has 0 amide bonds. The quantitative estimate of drug-likeness (QED) is 0.917. The van der Waals surface area contributed by atoms with Crippen molar-refractivity contribution in [2.24, 2.45) is 0 Å². The molecule has 0 radical (unpaired) electrons. The lowest BCUT2D eigenvalue weighted by Crippen LogP contribution is -2.47. The maximum absolute atomic E-state index is 5.97. The number of nitrogen functional groups attached to an aromatic ring is 1. The molecule has 2 heterocycles. The van der Waals surface area contributed by atoms with E-state index in [1.165, 1.54) is 0 Å². The van der Waals surface area contributed by atoms with Gasteiger partial charge in [-0.3, -0.25) is 0 Å². The maximum atomic E-state index is 5.97. The van der Waals surface area contributed by atoms with E-state index in [0.29, 0.717) is 18.2 Å². The van der Waals surface area contributed by atoms with Crippen LogP contribution in [0.2, 0.25) is 0 Å². The van der Waals surface area contributed by atoms with Crippen molar-refractivity contribution in [2.75, 3.05) is 23.8 Å². The van der Waals surface area contributed by atoms with Crippen LogP contribution in [0.1, 0.15) is 13.8 Å². The number of benzene rings is 1. The average Bonchev–Trinajstić information content (AvgIpc) is 2.50. The summed E-state index contributed by atoms with van der Waals surface area (Å²) in [5, 5.41) is 0. The normalized spacial score (nSPS) is 22.3. The molecule has 1 saturated heterocycles. The second kappa shape index (κ2) is 5.69. The van der Waals surface area contributed by atoms with E-state index in [2.05, 4.69) is 23.7 Å². The second-order valence-corrected chi connectivity index (χ2v) is 5.49. The third kappa shape index (κ3) is 2.97. The molecule has 1 aliphatic rings. The fourth-order valence-corrected chi connectivity index (χ4v) is 2.54. The predicted octanol–water partition coefficient (Wildman–Crippen LogP) is 2.34. The molecule has 2 unspecified atom stereocenters. The maximum Gasteiger partial charge on any atom is 0.163 e. The molecule has 2 atom stereocenters. The Kier molecular flexibility index (Phi) is 3.75. The molecule has 0 saturated carbocycles. The minimum atomic E-state index is 0.192. The van der Waals surface area contributed by atoms with Crippen molar-refractivity contribution in [3.05, 3.63) is 36.4 Å². The molecule has 0 spiro atoms. The van der Waals surface area contributed by atoms with E-state index < -0.39 is 0 Å². The zero-order chi connectivity index (χ0) is 14.8. The van der Waals surface area contributed by atoms with Gasteiger partial charge in [0, 0.05) is 18.2 Å². The van der Waals surface area contributed by atoms with Gasteiger partial charge in [0.05, 0.1) is 18.8 Å². The van der Waals surface area contributed by atoms with Crippen molar-refractivity contribution in [3.63, 3.8) is 0 Å². The van der Waals surface area contributed by atoms with E-state index in [0.717, 1.165) is 17.9 Å². The molecule has 5 heteroatoms. The van der Waals surface area contributed by atoms with Gasteiger partial charge in [0.15, 0.2) is 5.82 Å². The first-order chi connectivity index (χ1) is 10.1. The van der Waals surface area contributed by atoms with Gasteiger partial charge in [0.25, 0.3) is 0 Å². The molecule has 1 fully saturated rings. The van der Waals surface area contributed by atoms with E-state index in [9.17, 15) is 0 Å². The Morgan fingerprint density at radius 3 is 2.71 bits per heavy atom. The summed E-state index contributed by atoms with van der Waals surface area (Å²) in [5.41, 5.74) is 6.95. The predicted molar refractivity (Wildman–Crippen MR) is 84.1 cm³/mol. The summed E-state index contributed by atoms with van der Waals surface area (Å²) in [6.07, 6.45) is 0.192. The number of nitrogens with two attached hydrogens (primary N) is 1. The fraction of sp³-hybridized carbons (Fsp3) is 0.375. The summed E-state index contributed by atoms with van der Waals surface area (Å²) in [6.45, 7) is 5.71. The SMILES string of the molecule is CC1CN(c2cc(N)nc(-c3ccccc3)n2)C(C)CO1. The number of anilines is 2. The zero-order valence-corrected chi connectivity index (χ0v) is 12.4. The monoisotopic (exact) mass is 284 g/mol.